The summed E-state index contributed by atoms with van der Waals surface area (Å²) in [5, 5.41) is 8.62. The minimum Gasteiger partial charge on any atom is -0.333 e. The molecule has 132 valence electrons. The van der Waals surface area contributed by atoms with Gasteiger partial charge in [0.1, 0.15) is 0 Å². The van der Waals surface area contributed by atoms with Crippen molar-refractivity contribution in [3.05, 3.63) is 28.3 Å². The van der Waals surface area contributed by atoms with E-state index < -0.39 is 10.0 Å². The van der Waals surface area contributed by atoms with Gasteiger partial charge in [-0.25, -0.2) is 8.42 Å². The smallest absolute Gasteiger partial charge is 0.244 e. The minimum atomic E-state index is -3.45. The molecule has 5 nitrogen and oxygen atoms in total. The molecule has 1 N–H and O–H groups in total. The van der Waals surface area contributed by atoms with Crippen LogP contribution in [-0.2, 0) is 10.0 Å². The first-order chi connectivity index (χ1) is 11.3. The molecule has 0 saturated carbocycles. The fourth-order valence-electron chi connectivity index (χ4n) is 3.41. The molecule has 0 aliphatic carbocycles. The molecule has 1 aliphatic rings. The zero-order chi connectivity index (χ0) is 17.9. The standard InChI is InChI=1S/C18H27N3O2S/c1-14-13-15(2)17(4)18(16(14)3)24(22,23)21-11-9-20(10-12-21)8-6-5-7-19/h13H,5-6,8-12H2,1-4H3/p+1. The van der Waals surface area contributed by atoms with Crippen molar-refractivity contribution in [2.75, 3.05) is 32.7 Å². The van der Waals surface area contributed by atoms with Crippen molar-refractivity contribution in [3.8, 4) is 6.07 Å². The van der Waals surface area contributed by atoms with Crippen LogP contribution < -0.4 is 4.90 Å². The Balaban J connectivity index is 2.18. The summed E-state index contributed by atoms with van der Waals surface area (Å²) in [4.78, 5) is 1.89. The Morgan fingerprint density at radius 1 is 1.12 bits per heavy atom. The zero-order valence-corrected chi connectivity index (χ0v) is 16.0. The van der Waals surface area contributed by atoms with Crippen LogP contribution in [0, 0.1) is 39.0 Å². The van der Waals surface area contributed by atoms with Gasteiger partial charge in [0.2, 0.25) is 10.0 Å². The van der Waals surface area contributed by atoms with E-state index in [0.29, 0.717) is 24.4 Å². The number of hydrogen-bond donors (Lipinski definition) is 1. The minimum absolute atomic E-state index is 0.493. The molecule has 1 heterocycles. The van der Waals surface area contributed by atoms with Gasteiger partial charge in [0.05, 0.1) is 43.7 Å². The van der Waals surface area contributed by atoms with Gasteiger partial charge in [-0.15, -0.1) is 0 Å². The molecule has 1 aromatic rings. The molecule has 1 saturated heterocycles. The lowest BCUT2D eigenvalue weighted by Gasteiger charge is -2.32. The van der Waals surface area contributed by atoms with Crippen LogP contribution in [0.25, 0.3) is 0 Å². The molecule has 0 aromatic heterocycles. The van der Waals surface area contributed by atoms with Gasteiger partial charge in [0.25, 0.3) is 0 Å². The van der Waals surface area contributed by atoms with E-state index in [9.17, 15) is 8.42 Å². The van der Waals surface area contributed by atoms with Crippen LogP contribution in [0.1, 0.15) is 35.1 Å². The maximum Gasteiger partial charge on any atom is 0.244 e. The third-order valence-corrected chi connectivity index (χ3v) is 7.32. The van der Waals surface area contributed by atoms with Crippen LogP contribution in [0.15, 0.2) is 11.0 Å². The monoisotopic (exact) mass is 350 g/mol. The highest BCUT2D eigenvalue weighted by Gasteiger charge is 2.33. The molecule has 1 aliphatic heterocycles. The van der Waals surface area contributed by atoms with E-state index in [1.807, 2.05) is 27.7 Å². The Bertz CT molecular complexity index is 716. The normalized spacial score (nSPS) is 17.0. The molecule has 6 heteroatoms. The Kier molecular flexibility index (Phi) is 6.02. The Morgan fingerprint density at radius 2 is 1.67 bits per heavy atom. The number of benzene rings is 1. The molecule has 0 radical (unpaired) electrons. The predicted octanol–water partition coefficient (Wildman–Crippen LogP) is 1.11. The third-order valence-electron chi connectivity index (χ3n) is 5.14. The second-order valence-corrected chi connectivity index (χ2v) is 8.63. The number of quaternary nitrogens is 1. The van der Waals surface area contributed by atoms with Crippen molar-refractivity contribution in [1.29, 1.82) is 5.26 Å². The Labute approximate surface area is 145 Å². The van der Waals surface area contributed by atoms with Crippen LogP contribution >= 0.6 is 0 Å². The van der Waals surface area contributed by atoms with E-state index in [2.05, 4.69) is 12.1 Å². The van der Waals surface area contributed by atoms with E-state index >= 15 is 0 Å². The molecule has 1 fully saturated rings. The summed E-state index contributed by atoms with van der Waals surface area (Å²) in [5.74, 6) is 0. The van der Waals surface area contributed by atoms with E-state index in [1.165, 1.54) is 4.90 Å². The molecule has 0 atom stereocenters. The quantitative estimate of drug-likeness (QED) is 0.809. The first kappa shape index (κ1) is 18.9. The van der Waals surface area contributed by atoms with E-state index in [1.54, 1.807) is 4.31 Å². The number of nitrogens with one attached hydrogen (secondary N) is 1. The van der Waals surface area contributed by atoms with Crippen molar-refractivity contribution in [2.24, 2.45) is 0 Å². The summed E-state index contributed by atoms with van der Waals surface area (Å²) in [5.41, 5.74) is 3.78. The van der Waals surface area contributed by atoms with Crippen molar-refractivity contribution >= 4 is 10.0 Å². The van der Waals surface area contributed by atoms with Crippen LogP contribution in [0.3, 0.4) is 0 Å². The molecule has 0 amide bonds. The number of aryl methyl sites for hydroxylation is 2. The number of nitriles is 1. The Hall–Kier alpha value is -1.42. The van der Waals surface area contributed by atoms with Gasteiger partial charge in [-0.2, -0.15) is 9.57 Å². The Morgan fingerprint density at radius 3 is 2.17 bits per heavy atom. The lowest BCUT2D eigenvalue weighted by Crippen LogP contribution is -3.14. The maximum atomic E-state index is 13.2. The average Bonchev–Trinajstić information content (AvgIpc) is 2.54. The highest BCUT2D eigenvalue weighted by atomic mass is 32.2. The summed E-state index contributed by atoms with van der Waals surface area (Å²) in [7, 11) is -3.45. The van der Waals surface area contributed by atoms with Gasteiger partial charge < -0.3 is 4.90 Å². The molecule has 2 rings (SSSR count). The average molecular weight is 351 g/mol. The SMILES string of the molecule is Cc1cc(C)c(C)c(S(=O)(=O)N2CC[NH+](CCCC#N)CC2)c1C. The molecular formula is C18H28N3O2S+. The van der Waals surface area contributed by atoms with Gasteiger partial charge in [0.15, 0.2) is 0 Å². The van der Waals surface area contributed by atoms with E-state index in [4.69, 9.17) is 5.26 Å². The molecule has 0 bridgehead atoms. The molecule has 0 spiro atoms. The zero-order valence-electron chi connectivity index (χ0n) is 15.1. The lowest BCUT2D eigenvalue weighted by molar-refractivity contribution is -0.903. The molecular weight excluding hydrogens is 322 g/mol. The fourth-order valence-corrected chi connectivity index (χ4v) is 5.42. The lowest BCUT2D eigenvalue weighted by atomic mass is 10.0. The number of sulfonamides is 1. The number of nitrogens with zero attached hydrogens (tertiary/aromatic N) is 2. The summed E-state index contributed by atoms with van der Waals surface area (Å²) in [6.45, 7) is 11.4. The summed E-state index contributed by atoms with van der Waals surface area (Å²) in [6.07, 6.45) is 1.46. The summed E-state index contributed by atoms with van der Waals surface area (Å²) in [6, 6.07) is 4.22. The van der Waals surface area contributed by atoms with Crippen molar-refractivity contribution in [2.45, 2.75) is 45.4 Å². The number of rotatable bonds is 5. The highest BCUT2D eigenvalue weighted by molar-refractivity contribution is 7.89. The highest BCUT2D eigenvalue weighted by Crippen LogP contribution is 2.28. The van der Waals surface area contributed by atoms with Crippen molar-refractivity contribution in [1.82, 2.24) is 4.31 Å². The van der Waals surface area contributed by atoms with Crippen LogP contribution in [0.2, 0.25) is 0 Å². The maximum absolute atomic E-state index is 13.2. The molecule has 1 aromatic carbocycles. The first-order valence-electron chi connectivity index (χ1n) is 8.57. The number of hydrogen-bond acceptors (Lipinski definition) is 3. The summed E-state index contributed by atoms with van der Waals surface area (Å²) >= 11 is 0. The second kappa shape index (κ2) is 7.64. The van der Waals surface area contributed by atoms with Gasteiger partial charge in [0, 0.05) is 12.8 Å². The van der Waals surface area contributed by atoms with Crippen molar-refractivity contribution in [3.63, 3.8) is 0 Å². The fraction of sp³-hybridized carbons (Fsp3) is 0.611. The number of unbranched alkanes of at least 4 members (excludes halogenated alkanes) is 1. The second-order valence-electron chi connectivity index (χ2n) is 6.76. The largest absolute Gasteiger partial charge is 0.333 e. The van der Waals surface area contributed by atoms with Crippen molar-refractivity contribution < 1.29 is 13.3 Å². The van der Waals surface area contributed by atoms with Crippen LogP contribution in [-0.4, -0.2) is 45.4 Å². The molecule has 24 heavy (non-hydrogen) atoms. The predicted molar refractivity (Wildman–Crippen MR) is 94.6 cm³/mol. The summed E-state index contributed by atoms with van der Waals surface area (Å²) < 4.78 is 28.0. The number of piperazine rings is 1. The topological polar surface area (TPSA) is 65.6 Å². The van der Waals surface area contributed by atoms with Gasteiger partial charge >= 0.3 is 0 Å². The molecule has 0 unspecified atom stereocenters. The van der Waals surface area contributed by atoms with E-state index in [0.717, 1.165) is 48.3 Å². The van der Waals surface area contributed by atoms with Gasteiger partial charge in [-0.05, 0) is 49.9 Å². The van der Waals surface area contributed by atoms with E-state index in [-0.39, 0.29) is 0 Å². The van der Waals surface area contributed by atoms with Gasteiger partial charge in [-0.1, -0.05) is 6.07 Å². The first-order valence-corrected chi connectivity index (χ1v) is 10.0. The van der Waals surface area contributed by atoms with Crippen LogP contribution in [0.4, 0.5) is 0 Å². The van der Waals surface area contributed by atoms with Gasteiger partial charge in [-0.3, -0.25) is 0 Å². The van der Waals surface area contributed by atoms with Crippen LogP contribution in [0.5, 0.6) is 0 Å². The third kappa shape index (κ3) is 3.80.